The molecule has 1 aromatic heterocycles. The van der Waals surface area contributed by atoms with Gasteiger partial charge in [0.2, 0.25) is 0 Å². The largest absolute Gasteiger partial charge is 0.376 e. The standard InChI is InChI=1S/C13H12BrNO2S/c14-10-3-1-2-9(6-10)11-8-18-13(15-11)12-7-16-4-5-17-12/h1-3,6,8,12H,4-5,7H2. The van der Waals surface area contributed by atoms with Crippen LogP contribution in [-0.4, -0.2) is 24.8 Å². The zero-order chi connectivity index (χ0) is 12.4. The van der Waals surface area contributed by atoms with Crippen molar-refractivity contribution < 1.29 is 9.47 Å². The van der Waals surface area contributed by atoms with Gasteiger partial charge in [0.1, 0.15) is 11.1 Å². The zero-order valence-electron chi connectivity index (χ0n) is 9.64. The average Bonchev–Trinajstić information content (AvgIpc) is 2.89. The number of hydrogen-bond donors (Lipinski definition) is 0. The first kappa shape index (κ1) is 12.3. The highest BCUT2D eigenvalue weighted by Gasteiger charge is 2.20. The monoisotopic (exact) mass is 325 g/mol. The van der Waals surface area contributed by atoms with Crippen LogP contribution >= 0.6 is 27.3 Å². The van der Waals surface area contributed by atoms with Gasteiger partial charge in [0, 0.05) is 15.4 Å². The van der Waals surface area contributed by atoms with E-state index in [1.165, 1.54) is 0 Å². The lowest BCUT2D eigenvalue weighted by atomic mass is 10.2. The van der Waals surface area contributed by atoms with Crippen molar-refractivity contribution in [1.82, 2.24) is 4.98 Å². The third kappa shape index (κ3) is 2.64. The van der Waals surface area contributed by atoms with E-state index in [4.69, 9.17) is 9.47 Å². The van der Waals surface area contributed by atoms with Crippen molar-refractivity contribution in [3.8, 4) is 11.3 Å². The Kier molecular flexibility index (Phi) is 3.75. The Bertz CT molecular complexity index is 537. The van der Waals surface area contributed by atoms with E-state index in [2.05, 4.69) is 38.4 Å². The predicted octanol–water partition coefficient (Wildman–Crippen LogP) is 3.66. The summed E-state index contributed by atoms with van der Waals surface area (Å²) in [6.45, 7) is 1.93. The molecule has 1 aliphatic heterocycles. The molecule has 1 unspecified atom stereocenters. The second kappa shape index (κ2) is 5.48. The fraction of sp³-hybridized carbons (Fsp3) is 0.308. The van der Waals surface area contributed by atoms with Crippen molar-refractivity contribution in [3.63, 3.8) is 0 Å². The van der Waals surface area contributed by atoms with Gasteiger partial charge in [-0.25, -0.2) is 4.98 Å². The van der Waals surface area contributed by atoms with Crippen LogP contribution in [0.1, 0.15) is 11.1 Å². The van der Waals surface area contributed by atoms with E-state index in [-0.39, 0.29) is 6.10 Å². The maximum atomic E-state index is 5.65. The summed E-state index contributed by atoms with van der Waals surface area (Å²) in [7, 11) is 0. The van der Waals surface area contributed by atoms with Crippen LogP contribution in [0.25, 0.3) is 11.3 Å². The van der Waals surface area contributed by atoms with Crippen LogP contribution in [0, 0.1) is 0 Å². The van der Waals surface area contributed by atoms with Crippen LogP contribution in [0.4, 0.5) is 0 Å². The summed E-state index contributed by atoms with van der Waals surface area (Å²) in [4.78, 5) is 4.64. The Balaban J connectivity index is 1.84. The number of benzene rings is 1. The Labute approximate surface area is 118 Å². The minimum atomic E-state index is -0.00958. The van der Waals surface area contributed by atoms with E-state index in [1.54, 1.807) is 11.3 Å². The summed E-state index contributed by atoms with van der Waals surface area (Å²) >= 11 is 5.10. The van der Waals surface area contributed by atoms with Crippen molar-refractivity contribution in [2.24, 2.45) is 0 Å². The number of thiazole rings is 1. The maximum Gasteiger partial charge on any atom is 0.132 e. The topological polar surface area (TPSA) is 31.4 Å². The molecule has 18 heavy (non-hydrogen) atoms. The number of nitrogens with zero attached hydrogens (tertiary/aromatic N) is 1. The Hall–Kier alpha value is -0.750. The molecule has 0 amide bonds. The van der Waals surface area contributed by atoms with Gasteiger partial charge in [-0.15, -0.1) is 11.3 Å². The third-order valence-corrected chi connectivity index (χ3v) is 4.16. The Morgan fingerprint density at radius 2 is 2.28 bits per heavy atom. The number of rotatable bonds is 2. The second-order valence-electron chi connectivity index (χ2n) is 4.02. The summed E-state index contributed by atoms with van der Waals surface area (Å²) in [6, 6.07) is 8.15. The first-order chi connectivity index (χ1) is 8.83. The predicted molar refractivity (Wildman–Crippen MR) is 74.8 cm³/mol. The first-order valence-electron chi connectivity index (χ1n) is 5.73. The highest BCUT2D eigenvalue weighted by Crippen LogP contribution is 2.29. The minimum absolute atomic E-state index is 0.00958. The van der Waals surface area contributed by atoms with Gasteiger partial charge < -0.3 is 9.47 Å². The Morgan fingerprint density at radius 1 is 1.33 bits per heavy atom. The molecule has 1 aliphatic rings. The molecule has 0 radical (unpaired) electrons. The van der Waals surface area contributed by atoms with E-state index in [0.29, 0.717) is 19.8 Å². The minimum Gasteiger partial charge on any atom is -0.376 e. The highest BCUT2D eigenvalue weighted by molar-refractivity contribution is 9.10. The van der Waals surface area contributed by atoms with Crippen LogP contribution in [0.3, 0.4) is 0 Å². The normalized spacial score (nSPS) is 19.9. The molecular formula is C13H12BrNO2S. The number of ether oxygens (including phenoxy) is 2. The van der Waals surface area contributed by atoms with Crippen molar-refractivity contribution >= 4 is 27.3 Å². The van der Waals surface area contributed by atoms with Crippen LogP contribution in [0.5, 0.6) is 0 Å². The number of halogens is 1. The second-order valence-corrected chi connectivity index (χ2v) is 5.82. The fourth-order valence-corrected chi connectivity index (χ4v) is 3.11. The van der Waals surface area contributed by atoms with Gasteiger partial charge in [-0.1, -0.05) is 28.1 Å². The molecule has 0 bridgehead atoms. The van der Waals surface area contributed by atoms with Gasteiger partial charge >= 0.3 is 0 Å². The van der Waals surface area contributed by atoms with E-state index >= 15 is 0 Å². The van der Waals surface area contributed by atoms with Gasteiger partial charge in [0.05, 0.1) is 25.5 Å². The molecule has 0 N–H and O–H groups in total. The Morgan fingerprint density at radius 3 is 3.06 bits per heavy atom. The van der Waals surface area contributed by atoms with Crippen molar-refractivity contribution in [1.29, 1.82) is 0 Å². The van der Waals surface area contributed by atoms with Gasteiger partial charge in [0.15, 0.2) is 0 Å². The van der Waals surface area contributed by atoms with Crippen molar-refractivity contribution in [2.75, 3.05) is 19.8 Å². The maximum absolute atomic E-state index is 5.65. The van der Waals surface area contributed by atoms with Crippen LogP contribution < -0.4 is 0 Å². The van der Waals surface area contributed by atoms with Gasteiger partial charge in [-0.05, 0) is 12.1 Å². The zero-order valence-corrected chi connectivity index (χ0v) is 12.0. The summed E-state index contributed by atoms with van der Waals surface area (Å²) < 4.78 is 12.1. The average molecular weight is 326 g/mol. The highest BCUT2D eigenvalue weighted by atomic mass is 79.9. The number of aromatic nitrogens is 1. The molecular weight excluding hydrogens is 314 g/mol. The van der Waals surface area contributed by atoms with Crippen molar-refractivity contribution in [3.05, 3.63) is 39.1 Å². The van der Waals surface area contributed by atoms with Crippen LogP contribution in [0.15, 0.2) is 34.1 Å². The molecule has 0 aliphatic carbocycles. The van der Waals surface area contributed by atoms with Gasteiger partial charge in [0.25, 0.3) is 0 Å². The van der Waals surface area contributed by atoms with E-state index in [9.17, 15) is 0 Å². The molecule has 1 saturated heterocycles. The lowest BCUT2D eigenvalue weighted by molar-refractivity contribution is -0.0901. The molecule has 2 heterocycles. The molecule has 0 saturated carbocycles. The third-order valence-electron chi connectivity index (χ3n) is 2.73. The fourth-order valence-electron chi connectivity index (χ4n) is 1.85. The first-order valence-corrected chi connectivity index (χ1v) is 7.41. The van der Waals surface area contributed by atoms with E-state index < -0.39 is 0 Å². The van der Waals surface area contributed by atoms with E-state index in [0.717, 1.165) is 20.7 Å². The lowest BCUT2D eigenvalue weighted by Gasteiger charge is -2.20. The molecule has 1 atom stereocenters. The summed E-state index contributed by atoms with van der Waals surface area (Å²) in [6.07, 6.45) is -0.00958. The summed E-state index contributed by atoms with van der Waals surface area (Å²) in [5.41, 5.74) is 2.11. The molecule has 94 valence electrons. The summed E-state index contributed by atoms with van der Waals surface area (Å²) in [5, 5.41) is 3.05. The smallest absolute Gasteiger partial charge is 0.132 e. The molecule has 1 aromatic carbocycles. The molecule has 5 heteroatoms. The van der Waals surface area contributed by atoms with Gasteiger partial charge in [-0.3, -0.25) is 0 Å². The molecule has 1 fully saturated rings. The van der Waals surface area contributed by atoms with E-state index in [1.807, 2.05) is 12.1 Å². The quantitative estimate of drug-likeness (QED) is 0.844. The molecule has 0 spiro atoms. The lowest BCUT2D eigenvalue weighted by Crippen LogP contribution is -2.21. The van der Waals surface area contributed by atoms with Gasteiger partial charge in [-0.2, -0.15) is 0 Å². The summed E-state index contributed by atoms with van der Waals surface area (Å²) in [5.74, 6) is 0. The van der Waals surface area contributed by atoms with Crippen LogP contribution in [-0.2, 0) is 9.47 Å². The molecule has 2 aromatic rings. The van der Waals surface area contributed by atoms with Crippen molar-refractivity contribution in [2.45, 2.75) is 6.10 Å². The number of hydrogen-bond acceptors (Lipinski definition) is 4. The SMILES string of the molecule is Brc1cccc(-c2csc(C3COCCO3)n2)c1. The molecule has 3 nitrogen and oxygen atoms in total. The van der Waals surface area contributed by atoms with Crippen LogP contribution in [0.2, 0.25) is 0 Å². The molecule has 3 rings (SSSR count).